The third kappa shape index (κ3) is 8.22. The monoisotopic (exact) mass is 1060 g/mol. The molecule has 0 fully saturated rings. The fourth-order valence-corrected chi connectivity index (χ4v) is 13.7. The lowest BCUT2D eigenvalue weighted by Crippen LogP contribution is -1.95. The van der Waals surface area contributed by atoms with Gasteiger partial charge in [-0.15, -0.1) is 0 Å². The van der Waals surface area contributed by atoms with Crippen molar-refractivity contribution in [3.63, 3.8) is 0 Å². The van der Waals surface area contributed by atoms with Gasteiger partial charge in [-0.2, -0.15) is 0 Å². The zero-order valence-corrected chi connectivity index (χ0v) is 46.2. The van der Waals surface area contributed by atoms with E-state index in [4.69, 9.17) is 0 Å². The molecule has 0 saturated carbocycles. The van der Waals surface area contributed by atoms with Crippen LogP contribution in [0.2, 0.25) is 0 Å². The van der Waals surface area contributed by atoms with E-state index in [1.165, 1.54) is 165 Å². The third-order valence-electron chi connectivity index (χ3n) is 17.5. The second-order valence-corrected chi connectivity index (χ2v) is 22.1. The van der Waals surface area contributed by atoms with Crippen molar-refractivity contribution in [1.82, 2.24) is 0 Å². The quantitative estimate of drug-likeness (QED) is 0.126. The Hall–Kier alpha value is -10.9. The highest BCUT2D eigenvalue weighted by Crippen LogP contribution is 2.51. The Morgan fingerprint density at radius 3 is 0.905 bits per heavy atom. The van der Waals surface area contributed by atoms with Crippen LogP contribution >= 0.6 is 0 Å². The van der Waals surface area contributed by atoms with Crippen LogP contribution < -0.4 is 0 Å². The smallest absolute Gasteiger partial charge is 0.00139 e. The van der Waals surface area contributed by atoms with Gasteiger partial charge in [0, 0.05) is 0 Å². The Balaban J connectivity index is 0.775. The lowest BCUT2D eigenvalue weighted by molar-refractivity contribution is 1.59. The molecule has 0 radical (unpaired) electrons. The van der Waals surface area contributed by atoms with Gasteiger partial charge < -0.3 is 0 Å². The van der Waals surface area contributed by atoms with Gasteiger partial charge in [0.05, 0.1) is 0 Å². The fourth-order valence-electron chi connectivity index (χ4n) is 13.7. The highest BCUT2D eigenvalue weighted by atomic mass is 14.3. The summed E-state index contributed by atoms with van der Waals surface area (Å²) in [5.74, 6) is 0. The molecule has 0 atom stereocenters. The molecular formula is C84H54. The maximum atomic E-state index is 2.43. The van der Waals surface area contributed by atoms with Crippen LogP contribution in [-0.4, -0.2) is 0 Å². The topological polar surface area (TPSA) is 0 Å². The lowest BCUT2D eigenvalue weighted by Gasteiger charge is -2.23. The molecule has 16 aromatic carbocycles. The summed E-state index contributed by atoms with van der Waals surface area (Å²) in [7, 11) is 0. The second-order valence-electron chi connectivity index (χ2n) is 22.1. The second kappa shape index (κ2) is 20.6. The molecule has 0 amide bonds. The third-order valence-corrected chi connectivity index (χ3v) is 17.5. The fraction of sp³-hybridized carbons (Fsp3) is 0. The molecule has 16 rings (SSSR count). The van der Waals surface area contributed by atoms with E-state index in [1.54, 1.807) is 0 Å². The maximum Gasteiger partial charge on any atom is -0.00139 e. The van der Waals surface area contributed by atoms with Gasteiger partial charge in [0.25, 0.3) is 0 Å². The first kappa shape index (κ1) is 48.9. The van der Waals surface area contributed by atoms with Crippen molar-refractivity contribution in [2.45, 2.75) is 0 Å². The maximum absolute atomic E-state index is 2.43. The molecule has 0 heteroatoms. The van der Waals surface area contributed by atoms with Gasteiger partial charge in [-0.3, -0.25) is 0 Å². The minimum absolute atomic E-state index is 1.18. The van der Waals surface area contributed by atoms with E-state index in [0.29, 0.717) is 0 Å². The van der Waals surface area contributed by atoms with Gasteiger partial charge in [0.2, 0.25) is 0 Å². The summed E-state index contributed by atoms with van der Waals surface area (Å²) in [4.78, 5) is 0. The predicted molar refractivity (Wildman–Crippen MR) is 360 cm³/mol. The van der Waals surface area contributed by atoms with E-state index in [-0.39, 0.29) is 0 Å². The van der Waals surface area contributed by atoms with Crippen LogP contribution in [0.1, 0.15) is 0 Å². The van der Waals surface area contributed by atoms with Crippen LogP contribution in [0.25, 0.3) is 165 Å². The molecule has 0 N–H and O–H groups in total. The Labute approximate surface area is 489 Å². The minimum atomic E-state index is 1.18. The van der Waals surface area contributed by atoms with Crippen LogP contribution in [0, 0.1) is 0 Å². The number of fused-ring (bicyclic) bond motifs is 6. The van der Waals surface area contributed by atoms with Crippen molar-refractivity contribution in [2.24, 2.45) is 0 Å². The average Bonchev–Trinajstić information content (AvgIpc) is 1.36. The van der Waals surface area contributed by atoms with Crippen LogP contribution in [0.4, 0.5) is 0 Å². The van der Waals surface area contributed by atoms with E-state index >= 15 is 0 Å². The van der Waals surface area contributed by atoms with E-state index < -0.39 is 0 Å². The highest BCUT2D eigenvalue weighted by Gasteiger charge is 2.24. The zero-order valence-electron chi connectivity index (χ0n) is 46.2. The summed E-state index contributed by atoms with van der Waals surface area (Å²) in [6.07, 6.45) is 0. The minimum Gasteiger partial charge on any atom is -0.0622 e. The molecule has 0 heterocycles. The van der Waals surface area contributed by atoms with E-state index in [0.717, 1.165) is 0 Å². The highest BCUT2D eigenvalue weighted by molar-refractivity contribution is 6.27. The molecule has 390 valence electrons. The van der Waals surface area contributed by atoms with Gasteiger partial charge in [0.1, 0.15) is 0 Å². The first-order valence-corrected chi connectivity index (χ1v) is 29.1. The van der Waals surface area contributed by atoms with Crippen molar-refractivity contribution in [2.75, 3.05) is 0 Å². The molecular weight excluding hydrogens is 1010 g/mol. The first-order chi connectivity index (χ1) is 41.7. The summed E-state index contributed by atoms with van der Waals surface area (Å²) in [6.45, 7) is 0. The van der Waals surface area contributed by atoms with Crippen molar-refractivity contribution in [1.29, 1.82) is 0 Å². The summed E-state index contributed by atoms with van der Waals surface area (Å²) < 4.78 is 0. The number of rotatable bonds is 9. The molecule has 0 spiro atoms. The van der Waals surface area contributed by atoms with Crippen molar-refractivity contribution < 1.29 is 0 Å². The summed E-state index contributed by atoms with van der Waals surface area (Å²) in [5, 5.41) is 14.9. The van der Waals surface area contributed by atoms with Gasteiger partial charge in [-0.1, -0.05) is 315 Å². The van der Waals surface area contributed by atoms with Gasteiger partial charge in [-0.05, 0) is 177 Å². The van der Waals surface area contributed by atoms with Gasteiger partial charge >= 0.3 is 0 Å². The number of benzene rings is 16. The van der Waals surface area contributed by atoms with E-state index in [2.05, 4.69) is 328 Å². The van der Waals surface area contributed by atoms with Gasteiger partial charge in [0.15, 0.2) is 0 Å². The largest absolute Gasteiger partial charge is 0.0622 e. The van der Waals surface area contributed by atoms with Crippen molar-refractivity contribution >= 4 is 64.6 Å². The van der Waals surface area contributed by atoms with Crippen LogP contribution in [0.15, 0.2) is 328 Å². The molecule has 16 aromatic rings. The van der Waals surface area contributed by atoms with E-state index in [9.17, 15) is 0 Å². The molecule has 0 nitrogen and oxygen atoms in total. The van der Waals surface area contributed by atoms with Gasteiger partial charge in [-0.25, -0.2) is 0 Å². The first-order valence-electron chi connectivity index (χ1n) is 29.1. The molecule has 84 heavy (non-hydrogen) atoms. The Morgan fingerprint density at radius 2 is 0.393 bits per heavy atom. The Morgan fingerprint density at radius 1 is 0.107 bits per heavy atom. The van der Waals surface area contributed by atoms with Crippen LogP contribution in [-0.2, 0) is 0 Å². The molecule has 0 aliphatic carbocycles. The lowest BCUT2D eigenvalue weighted by atomic mass is 9.80. The number of hydrogen-bond acceptors (Lipinski definition) is 0. The summed E-state index contributed by atoms with van der Waals surface area (Å²) in [6, 6.07) is 121. The average molecular weight is 1060 g/mol. The molecule has 0 bridgehead atoms. The molecule has 0 aromatic heterocycles. The van der Waals surface area contributed by atoms with E-state index in [1.807, 2.05) is 0 Å². The Kier molecular flexibility index (Phi) is 12.0. The normalized spacial score (nSPS) is 11.6. The summed E-state index contributed by atoms with van der Waals surface area (Å²) >= 11 is 0. The zero-order chi connectivity index (χ0) is 55.5. The van der Waals surface area contributed by atoms with Crippen molar-refractivity contribution in [3.8, 4) is 100 Å². The Bertz CT molecular complexity index is 5080. The summed E-state index contributed by atoms with van der Waals surface area (Å²) in [5.41, 5.74) is 22.0. The molecule has 0 unspecified atom stereocenters. The molecule has 0 aliphatic heterocycles. The molecule has 0 aliphatic rings. The SMILES string of the molecule is c1ccc(-c2cccc(-c3c4ccccc4c(-c4cccc5c(-c6ccc(-c7ccc(-c8c9ccccc9c(-c9c(-c%10ccccc%10)cc(-c%10ccccc%10)c%10ccccc9%10)c9ccccc89)cc7)cc6)cccc45)c4ccccc34)c2)cc1. The number of hydrogen-bond donors (Lipinski definition) is 0. The standard InChI is InChI=1S/C84H54/c1-4-23-55(24-5-1)62-29-20-30-63(53-62)81-70-33-12-16-37-74(70)82(75-38-17-13-34-71(75)81)68-44-22-42-65-64(41-21-43-66(65)68)60-49-45-56(46-50-60)57-47-51-61(52-48-57)80-72-35-14-18-39-76(72)83(77-40-19-15-36-73(77)80)84-69-32-11-10-31-67(69)78(58-25-6-2-7-26-58)54-79(84)59-27-8-3-9-28-59/h1-54H. The predicted octanol–water partition coefficient (Wildman–Crippen LogP) is 23.6. The molecule has 0 saturated heterocycles. The van der Waals surface area contributed by atoms with Crippen molar-refractivity contribution in [3.05, 3.63) is 328 Å². The van der Waals surface area contributed by atoms with Crippen LogP contribution in [0.5, 0.6) is 0 Å². The van der Waals surface area contributed by atoms with Crippen LogP contribution in [0.3, 0.4) is 0 Å².